The Morgan fingerprint density at radius 1 is 0.833 bits per heavy atom. The van der Waals surface area contributed by atoms with Crippen LogP contribution in [0.3, 0.4) is 0 Å². The number of benzene rings is 2. The molecule has 0 bridgehead atoms. The highest BCUT2D eigenvalue weighted by atomic mass is 14.9. The average molecular weight is 309 g/mol. The Bertz CT molecular complexity index is 1080. The molecule has 4 rings (SSSR count). The minimum absolute atomic E-state index is 0.826. The van der Waals surface area contributed by atoms with E-state index in [9.17, 15) is 0 Å². The molecule has 2 heteroatoms. The van der Waals surface area contributed by atoms with E-state index in [1.54, 1.807) is 0 Å². The van der Waals surface area contributed by atoms with Crippen LogP contribution < -0.4 is 15.8 Å². The second-order valence-electron chi connectivity index (χ2n) is 5.85. The van der Waals surface area contributed by atoms with Crippen LogP contribution in [0.5, 0.6) is 0 Å². The Morgan fingerprint density at radius 3 is 2.38 bits per heavy atom. The van der Waals surface area contributed by atoms with Gasteiger partial charge in [-0.3, -0.25) is 4.98 Å². The lowest BCUT2D eigenvalue weighted by molar-refractivity contribution is 1.04. The van der Waals surface area contributed by atoms with Crippen molar-refractivity contribution in [3.63, 3.8) is 0 Å². The number of hydrogen-bond donors (Lipinski definition) is 1. The predicted molar refractivity (Wildman–Crippen MR) is 101 cm³/mol. The van der Waals surface area contributed by atoms with E-state index in [0.717, 1.165) is 33.7 Å². The van der Waals surface area contributed by atoms with Crippen LogP contribution in [0.2, 0.25) is 0 Å². The van der Waals surface area contributed by atoms with Gasteiger partial charge in [0.1, 0.15) is 6.04 Å². The van der Waals surface area contributed by atoms with Crippen molar-refractivity contribution in [2.24, 2.45) is 0 Å². The number of nitrogens with one attached hydrogen (secondary N) is 1. The molecule has 1 radical (unpaired) electrons. The molecule has 1 N–H and O–H groups in total. The number of fused-ring (bicyclic) bond motifs is 2. The normalized spacial score (nSPS) is 13.3. The fourth-order valence-corrected chi connectivity index (χ4v) is 2.87. The molecule has 0 aliphatic carbocycles. The highest BCUT2D eigenvalue weighted by Crippen LogP contribution is 2.27. The van der Waals surface area contributed by atoms with Gasteiger partial charge in [-0.2, -0.15) is 0 Å². The second kappa shape index (κ2) is 5.82. The summed E-state index contributed by atoms with van der Waals surface area (Å²) < 4.78 is 0. The van der Waals surface area contributed by atoms with Gasteiger partial charge < -0.3 is 5.32 Å². The molecular weight excluding hydrogens is 292 g/mol. The van der Waals surface area contributed by atoms with Crippen LogP contribution in [0.1, 0.15) is 5.69 Å². The summed E-state index contributed by atoms with van der Waals surface area (Å²) in [5.74, 6) is 0. The highest BCUT2D eigenvalue weighted by molar-refractivity contribution is 5.88. The molecule has 24 heavy (non-hydrogen) atoms. The molecule has 2 heterocycles. The summed E-state index contributed by atoms with van der Waals surface area (Å²) in [6, 6.07) is 19.4. The Morgan fingerprint density at radius 2 is 1.54 bits per heavy atom. The van der Waals surface area contributed by atoms with Gasteiger partial charge in [0, 0.05) is 17.8 Å². The van der Waals surface area contributed by atoms with E-state index in [-0.39, 0.29) is 0 Å². The molecule has 0 saturated heterocycles. The third-order valence-electron chi connectivity index (χ3n) is 4.31. The van der Waals surface area contributed by atoms with E-state index in [1.165, 1.54) is 10.4 Å². The molecule has 115 valence electrons. The van der Waals surface area contributed by atoms with Crippen LogP contribution in [-0.2, 0) is 0 Å². The Labute approximate surface area is 141 Å². The lowest BCUT2D eigenvalue weighted by Crippen LogP contribution is -2.35. The van der Waals surface area contributed by atoms with E-state index < -0.39 is 0 Å². The fourth-order valence-electron chi connectivity index (χ4n) is 2.87. The monoisotopic (exact) mass is 309 g/mol. The molecule has 1 aliphatic rings. The van der Waals surface area contributed by atoms with Crippen molar-refractivity contribution in [2.75, 3.05) is 0 Å². The largest absolute Gasteiger partial charge is 0.375 e. The minimum Gasteiger partial charge on any atom is -0.375 e. The van der Waals surface area contributed by atoms with Gasteiger partial charge in [0.15, 0.2) is 0 Å². The SMILES string of the molecule is C=C([C]1C=c2ccccc2=CN1)C(=C)c1cc2ccccc2cn1. The molecule has 0 fully saturated rings. The lowest BCUT2D eigenvalue weighted by atomic mass is 9.95. The zero-order chi connectivity index (χ0) is 16.5. The van der Waals surface area contributed by atoms with Gasteiger partial charge in [-0.1, -0.05) is 61.7 Å². The van der Waals surface area contributed by atoms with Crippen molar-refractivity contribution < 1.29 is 0 Å². The van der Waals surface area contributed by atoms with Crippen LogP contribution in [0.25, 0.3) is 28.6 Å². The molecule has 0 atom stereocenters. The average Bonchev–Trinajstić information content (AvgIpc) is 2.66. The maximum absolute atomic E-state index is 4.54. The molecule has 3 aromatic rings. The molecule has 1 aromatic heterocycles. The number of aromatic nitrogens is 1. The smallest absolute Gasteiger partial charge is 0.113 e. The van der Waals surface area contributed by atoms with E-state index >= 15 is 0 Å². The topological polar surface area (TPSA) is 24.9 Å². The maximum atomic E-state index is 4.54. The molecule has 0 spiro atoms. The van der Waals surface area contributed by atoms with Crippen molar-refractivity contribution in [3.8, 4) is 0 Å². The molecule has 0 amide bonds. The molecule has 2 aromatic carbocycles. The first-order chi connectivity index (χ1) is 11.7. The van der Waals surface area contributed by atoms with Crippen LogP contribution in [-0.4, -0.2) is 4.98 Å². The summed E-state index contributed by atoms with van der Waals surface area (Å²) in [6.45, 7) is 8.42. The third kappa shape index (κ3) is 2.52. The zero-order valence-corrected chi connectivity index (χ0v) is 13.3. The van der Waals surface area contributed by atoms with Crippen LogP contribution in [0.4, 0.5) is 0 Å². The van der Waals surface area contributed by atoms with Crippen molar-refractivity contribution in [2.45, 2.75) is 0 Å². The lowest BCUT2D eigenvalue weighted by Gasteiger charge is -2.19. The van der Waals surface area contributed by atoms with Gasteiger partial charge in [-0.15, -0.1) is 0 Å². The van der Waals surface area contributed by atoms with Crippen molar-refractivity contribution in [3.05, 3.63) is 102 Å². The first kappa shape index (κ1) is 14.5. The van der Waals surface area contributed by atoms with Gasteiger partial charge in [0.2, 0.25) is 0 Å². The quantitative estimate of drug-likeness (QED) is 0.752. The Balaban J connectivity index is 1.66. The number of rotatable bonds is 3. The fraction of sp³-hybridized carbons (Fsp3) is 0. The zero-order valence-electron chi connectivity index (χ0n) is 13.3. The molecule has 0 saturated carbocycles. The summed E-state index contributed by atoms with van der Waals surface area (Å²) in [4.78, 5) is 4.54. The summed E-state index contributed by atoms with van der Waals surface area (Å²) in [6.07, 6.45) is 5.98. The standard InChI is InChI=1S/C22H17N2/c1-15(21-11-17-7-3-5-9-19(17)13-23-21)16(2)22-12-18-8-4-6-10-20(18)14-24-22/h3-14,23H,1-2H2. The van der Waals surface area contributed by atoms with Crippen molar-refractivity contribution in [1.82, 2.24) is 10.3 Å². The first-order valence-electron chi connectivity index (χ1n) is 7.86. The number of pyridine rings is 1. The van der Waals surface area contributed by atoms with E-state index in [0.29, 0.717) is 0 Å². The summed E-state index contributed by atoms with van der Waals surface area (Å²) in [5.41, 5.74) is 2.52. The maximum Gasteiger partial charge on any atom is 0.113 e. The third-order valence-corrected chi connectivity index (χ3v) is 4.31. The van der Waals surface area contributed by atoms with Gasteiger partial charge in [-0.05, 0) is 39.1 Å². The predicted octanol–water partition coefficient (Wildman–Crippen LogP) is 3.16. The van der Waals surface area contributed by atoms with Gasteiger partial charge in [0.05, 0.1) is 5.69 Å². The van der Waals surface area contributed by atoms with Crippen LogP contribution in [0, 0.1) is 6.04 Å². The molecule has 0 unspecified atom stereocenters. The number of hydrogen-bond acceptors (Lipinski definition) is 2. The van der Waals surface area contributed by atoms with Gasteiger partial charge in [-0.25, -0.2) is 0 Å². The number of nitrogens with zero attached hydrogens (tertiary/aromatic N) is 1. The first-order valence-corrected chi connectivity index (χ1v) is 7.86. The van der Waals surface area contributed by atoms with E-state index in [4.69, 9.17) is 0 Å². The van der Waals surface area contributed by atoms with E-state index in [2.05, 4.69) is 59.9 Å². The highest BCUT2D eigenvalue weighted by Gasteiger charge is 2.16. The van der Waals surface area contributed by atoms with Gasteiger partial charge >= 0.3 is 0 Å². The molecular formula is C22H17N2. The minimum atomic E-state index is 0.826. The summed E-state index contributed by atoms with van der Waals surface area (Å²) in [7, 11) is 0. The summed E-state index contributed by atoms with van der Waals surface area (Å²) in [5, 5.41) is 7.93. The van der Waals surface area contributed by atoms with Crippen molar-refractivity contribution in [1.29, 1.82) is 0 Å². The van der Waals surface area contributed by atoms with E-state index in [1.807, 2.05) is 36.7 Å². The second-order valence-corrected chi connectivity index (χ2v) is 5.85. The van der Waals surface area contributed by atoms with Crippen LogP contribution >= 0.6 is 0 Å². The van der Waals surface area contributed by atoms with Crippen LogP contribution in [0.15, 0.2) is 79.5 Å². The molecule has 1 aliphatic heterocycles. The molecule has 2 nitrogen and oxygen atoms in total. The Hall–Kier alpha value is -3.13. The Kier molecular flexibility index (Phi) is 3.51. The van der Waals surface area contributed by atoms with Gasteiger partial charge in [0.25, 0.3) is 0 Å². The van der Waals surface area contributed by atoms with Crippen molar-refractivity contribution >= 4 is 28.6 Å². The summed E-state index contributed by atoms with van der Waals surface area (Å²) >= 11 is 0.